The second-order valence-electron chi connectivity index (χ2n) is 3.92. The van der Waals surface area contributed by atoms with Gasteiger partial charge in [-0.1, -0.05) is 6.58 Å². The van der Waals surface area contributed by atoms with E-state index in [4.69, 9.17) is 15.6 Å². The number of carbonyl (C=O) groups is 1. The van der Waals surface area contributed by atoms with Crippen molar-refractivity contribution in [1.82, 2.24) is 0 Å². The van der Waals surface area contributed by atoms with Crippen molar-refractivity contribution in [2.75, 3.05) is 0 Å². The van der Waals surface area contributed by atoms with E-state index in [2.05, 4.69) is 6.58 Å². The smallest absolute Gasteiger partial charge is 0.335 e. The van der Waals surface area contributed by atoms with Gasteiger partial charge in [-0.15, -0.1) is 0 Å². The molecule has 1 aromatic carbocycles. The third kappa shape index (κ3) is 1.69. The summed E-state index contributed by atoms with van der Waals surface area (Å²) in [7, 11) is -3.89. The number of nitriles is 2. The number of aromatic carboxylic acids is 1. The van der Waals surface area contributed by atoms with Gasteiger partial charge in [0, 0.05) is 11.1 Å². The van der Waals surface area contributed by atoms with Crippen molar-refractivity contribution in [1.29, 1.82) is 10.5 Å². The Bertz CT molecular complexity index is 864. The third-order valence-corrected chi connectivity index (χ3v) is 4.65. The van der Waals surface area contributed by atoms with Crippen molar-refractivity contribution in [2.24, 2.45) is 0 Å². The van der Waals surface area contributed by atoms with Crippen LogP contribution in [0.3, 0.4) is 0 Å². The highest BCUT2D eigenvalue weighted by molar-refractivity contribution is 7.96. The zero-order chi connectivity index (χ0) is 15.1. The molecule has 2 rings (SSSR count). The van der Waals surface area contributed by atoms with E-state index >= 15 is 0 Å². The largest absolute Gasteiger partial charge is 0.478 e. The molecular weight excluding hydrogens is 280 g/mol. The van der Waals surface area contributed by atoms with Gasteiger partial charge in [0.25, 0.3) is 0 Å². The van der Waals surface area contributed by atoms with Crippen LogP contribution in [0.5, 0.6) is 0 Å². The Morgan fingerprint density at radius 2 is 1.85 bits per heavy atom. The summed E-state index contributed by atoms with van der Waals surface area (Å²) in [6, 6.07) is 6.60. The predicted octanol–water partition coefficient (Wildman–Crippen LogP) is 1.49. The first-order chi connectivity index (χ1) is 9.34. The number of nitrogens with zero attached hydrogens (tertiary/aromatic N) is 2. The molecule has 98 valence electrons. The molecule has 1 aliphatic rings. The van der Waals surface area contributed by atoms with Gasteiger partial charge in [-0.2, -0.15) is 10.5 Å². The van der Waals surface area contributed by atoms with Gasteiger partial charge in [-0.05, 0) is 18.2 Å². The highest BCUT2D eigenvalue weighted by atomic mass is 32.2. The predicted molar refractivity (Wildman–Crippen MR) is 67.9 cm³/mol. The first kappa shape index (κ1) is 13.5. The molecule has 0 aromatic heterocycles. The van der Waals surface area contributed by atoms with Crippen LogP contribution in [0, 0.1) is 22.7 Å². The van der Waals surface area contributed by atoms with Gasteiger partial charge in [0.05, 0.1) is 15.4 Å². The fourth-order valence-corrected chi connectivity index (χ4v) is 3.36. The van der Waals surface area contributed by atoms with Crippen molar-refractivity contribution in [3.8, 4) is 12.1 Å². The van der Waals surface area contributed by atoms with Crippen LogP contribution in [-0.2, 0) is 9.84 Å². The Hall–Kier alpha value is -2.90. The molecule has 0 bridgehead atoms. The van der Waals surface area contributed by atoms with Crippen LogP contribution >= 0.6 is 0 Å². The molecule has 0 radical (unpaired) electrons. The van der Waals surface area contributed by atoms with Crippen LogP contribution in [0.15, 0.2) is 40.2 Å². The Morgan fingerprint density at radius 1 is 1.25 bits per heavy atom. The van der Waals surface area contributed by atoms with Gasteiger partial charge in [-0.25, -0.2) is 13.2 Å². The van der Waals surface area contributed by atoms with Crippen molar-refractivity contribution >= 4 is 21.4 Å². The molecule has 7 heteroatoms. The molecule has 0 saturated heterocycles. The number of benzene rings is 1. The topological polar surface area (TPSA) is 119 Å². The third-order valence-electron chi connectivity index (χ3n) is 2.86. The highest BCUT2D eigenvalue weighted by Crippen LogP contribution is 2.43. The summed E-state index contributed by atoms with van der Waals surface area (Å²) in [6.07, 6.45) is 0. The molecule has 1 N–H and O–H groups in total. The quantitative estimate of drug-likeness (QED) is 0.781. The zero-order valence-electron chi connectivity index (χ0n) is 9.91. The van der Waals surface area contributed by atoms with E-state index in [1.807, 2.05) is 0 Å². The lowest BCUT2D eigenvalue weighted by molar-refractivity contribution is 0.0696. The molecule has 0 saturated carbocycles. The molecule has 0 unspecified atom stereocenters. The molecule has 0 aliphatic carbocycles. The number of rotatable bonds is 1. The van der Waals surface area contributed by atoms with Crippen LogP contribution in [0.25, 0.3) is 5.57 Å². The minimum atomic E-state index is -3.89. The van der Waals surface area contributed by atoms with E-state index in [0.29, 0.717) is 0 Å². The number of fused-ring (bicyclic) bond motifs is 1. The van der Waals surface area contributed by atoms with Gasteiger partial charge < -0.3 is 5.11 Å². The maximum Gasteiger partial charge on any atom is 0.335 e. The first-order valence-electron chi connectivity index (χ1n) is 5.21. The Morgan fingerprint density at radius 3 is 2.35 bits per heavy atom. The first-order valence-corrected chi connectivity index (χ1v) is 6.69. The molecule has 0 atom stereocenters. The Kier molecular flexibility index (Phi) is 2.93. The fraction of sp³-hybridized carbons (Fsp3) is 0. The lowest BCUT2D eigenvalue weighted by Gasteiger charge is -2.00. The maximum atomic E-state index is 12.1. The van der Waals surface area contributed by atoms with E-state index in [0.717, 1.165) is 18.2 Å². The SMILES string of the molecule is C=C1C(=C(C#N)C#N)c2cc(C(=O)O)ccc2S1(=O)=O. The fourth-order valence-electron chi connectivity index (χ4n) is 1.92. The van der Waals surface area contributed by atoms with Crippen LogP contribution in [0.4, 0.5) is 0 Å². The van der Waals surface area contributed by atoms with Crippen molar-refractivity contribution in [3.05, 3.63) is 46.4 Å². The summed E-state index contributed by atoms with van der Waals surface area (Å²) in [4.78, 5) is 10.4. The van der Waals surface area contributed by atoms with Crippen molar-refractivity contribution in [2.45, 2.75) is 4.90 Å². The second-order valence-corrected chi connectivity index (χ2v) is 5.86. The summed E-state index contributed by atoms with van der Waals surface area (Å²) in [5.74, 6) is -1.24. The van der Waals surface area contributed by atoms with Crippen LogP contribution in [0.2, 0.25) is 0 Å². The molecule has 1 aromatic rings. The summed E-state index contributed by atoms with van der Waals surface area (Å²) in [6.45, 7) is 3.40. The van der Waals surface area contributed by atoms with Crippen LogP contribution < -0.4 is 0 Å². The van der Waals surface area contributed by atoms with E-state index in [1.54, 1.807) is 12.1 Å². The van der Waals surface area contributed by atoms with Gasteiger partial charge in [-0.3, -0.25) is 0 Å². The van der Waals surface area contributed by atoms with Crippen molar-refractivity contribution < 1.29 is 18.3 Å². The summed E-state index contributed by atoms with van der Waals surface area (Å²) in [5.41, 5.74) is -0.664. The second kappa shape index (κ2) is 4.34. The minimum Gasteiger partial charge on any atom is -0.478 e. The number of allylic oxidation sites excluding steroid dienone is 2. The van der Waals surface area contributed by atoms with E-state index in [9.17, 15) is 13.2 Å². The number of carboxylic acids is 1. The Balaban J connectivity index is 2.95. The lowest BCUT2D eigenvalue weighted by Crippen LogP contribution is -1.99. The minimum absolute atomic E-state index is 0.0213. The molecule has 20 heavy (non-hydrogen) atoms. The lowest BCUT2D eigenvalue weighted by atomic mass is 9.99. The van der Waals surface area contributed by atoms with E-state index < -0.39 is 21.4 Å². The van der Waals surface area contributed by atoms with Crippen molar-refractivity contribution in [3.63, 3.8) is 0 Å². The molecule has 0 fully saturated rings. The maximum absolute atomic E-state index is 12.1. The van der Waals surface area contributed by atoms with Gasteiger partial charge in [0.15, 0.2) is 0 Å². The molecule has 0 spiro atoms. The van der Waals surface area contributed by atoms with Crippen LogP contribution in [-0.4, -0.2) is 19.5 Å². The van der Waals surface area contributed by atoms with Gasteiger partial charge >= 0.3 is 5.97 Å². The number of hydrogen-bond donors (Lipinski definition) is 1. The summed E-state index contributed by atoms with van der Waals surface area (Å²) < 4.78 is 24.2. The molecule has 0 amide bonds. The average Bonchev–Trinajstić information content (AvgIpc) is 2.61. The average molecular weight is 286 g/mol. The zero-order valence-corrected chi connectivity index (χ0v) is 10.7. The number of sulfone groups is 1. The number of hydrogen-bond acceptors (Lipinski definition) is 5. The summed E-state index contributed by atoms with van der Waals surface area (Å²) in [5, 5.41) is 26.7. The number of carboxylic acid groups (broad SMARTS) is 1. The highest BCUT2D eigenvalue weighted by Gasteiger charge is 2.37. The summed E-state index contributed by atoms with van der Waals surface area (Å²) >= 11 is 0. The van der Waals surface area contributed by atoms with E-state index in [1.165, 1.54) is 0 Å². The van der Waals surface area contributed by atoms with Gasteiger partial charge in [0.1, 0.15) is 17.7 Å². The normalized spacial score (nSPS) is 15.1. The Labute approximate surface area is 114 Å². The standard InChI is InChI=1S/C13H6N2O4S/c1-7-12(9(5-14)6-15)10-4-8(13(16)17)2-3-11(10)20(7,18)19/h2-4H,1H2,(H,16,17). The van der Waals surface area contributed by atoms with Crippen LogP contribution in [0.1, 0.15) is 15.9 Å². The van der Waals surface area contributed by atoms with E-state index in [-0.39, 0.29) is 26.5 Å². The molecule has 6 nitrogen and oxygen atoms in total. The molecule has 1 heterocycles. The molecule has 1 aliphatic heterocycles. The van der Waals surface area contributed by atoms with Gasteiger partial charge in [0.2, 0.25) is 9.84 Å². The molecular formula is C13H6N2O4S. The monoisotopic (exact) mass is 286 g/mol.